The van der Waals surface area contributed by atoms with E-state index in [-0.39, 0.29) is 5.41 Å². The number of hydrogen-bond acceptors (Lipinski definition) is 2. The molecule has 1 aliphatic heterocycles. The summed E-state index contributed by atoms with van der Waals surface area (Å²) in [6.07, 6.45) is 3.83. The maximum Gasteiger partial charge on any atom is 0.0416 e. The van der Waals surface area contributed by atoms with Crippen molar-refractivity contribution in [2.45, 2.75) is 50.6 Å². The van der Waals surface area contributed by atoms with E-state index in [9.17, 15) is 0 Å². The highest BCUT2D eigenvalue weighted by atomic mass is 35.5. The lowest BCUT2D eigenvalue weighted by molar-refractivity contribution is 0.109. The zero-order chi connectivity index (χ0) is 11.1. The van der Waals surface area contributed by atoms with Crippen LogP contribution >= 0.6 is 11.6 Å². The second-order valence-electron chi connectivity index (χ2n) is 5.76. The summed E-state index contributed by atoms with van der Waals surface area (Å²) in [6, 6.07) is 1.36. The Balaban J connectivity index is 1.75. The van der Waals surface area contributed by atoms with Crippen molar-refractivity contribution < 1.29 is 0 Å². The zero-order valence-electron chi connectivity index (χ0n) is 10.1. The van der Waals surface area contributed by atoms with E-state index < -0.39 is 0 Å². The first-order valence-corrected chi connectivity index (χ1v) is 6.53. The summed E-state index contributed by atoms with van der Waals surface area (Å²) in [7, 11) is 2.23. The maximum atomic E-state index is 6.21. The van der Waals surface area contributed by atoms with E-state index in [0.29, 0.717) is 11.4 Å². The second kappa shape index (κ2) is 4.23. The van der Waals surface area contributed by atoms with E-state index in [4.69, 9.17) is 11.6 Å². The van der Waals surface area contributed by atoms with Gasteiger partial charge in [-0.1, -0.05) is 13.8 Å². The van der Waals surface area contributed by atoms with Crippen LogP contribution in [0.4, 0.5) is 0 Å². The molecule has 1 saturated heterocycles. The van der Waals surface area contributed by atoms with Gasteiger partial charge in [0.1, 0.15) is 0 Å². The number of nitrogens with zero attached hydrogens (tertiary/aromatic N) is 1. The van der Waals surface area contributed by atoms with Crippen LogP contribution < -0.4 is 5.32 Å². The van der Waals surface area contributed by atoms with E-state index in [2.05, 4.69) is 31.1 Å². The Hall–Kier alpha value is 0.210. The summed E-state index contributed by atoms with van der Waals surface area (Å²) in [5.74, 6) is 0. The predicted molar refractivity (Wildman–Crippen MR) is 65.5 cm³/mol. The first kappa shape index (κ1) is 11.7. The summed E-state index contributed by atoms with van der Waals surface area (Å²) in [5, 5.41) is 4.04. The molecule has 0 aromatic rings. The van der Waals surface area contributed by atoms with Gasteiger partial charge in [-0.25, -0.2) is 0 Å². The van der Waals surface area contributed by atoms with Crippen LogP contribution in [0.5, 0.6) is 0 Å². The van der Waals surface area contributed by atoms with Crippen LogP contribution in [0, 0.1) is 5.41 Å². The van der Waals surface area contributed by atoms with Crippen molar-refractivity contribution in [1.29, 1.82) is 0 Å². The van der Waals surface area contributed by atoms with Crippen LogP contribution in [0.2, 0.25) is 0 Å². The maximum absolute atomic E-state index is 6.21. The lowest BCUT2D eigenvalue weighted by atomic mass is 9.66. The van der Waals surface area contributed by atoms with Crippen LogP contribution in [-0.2, 0) is 0 Å². The molecule has 1 saturated carbocycles. The molecule has 88 valence electrons. The second-order valence-corrected chi connectivity index (χ2v) is 6.29. The molecular formula is C12H23ClN2. The monoisotopic (exact) mass is 230 g/mol. The quantitative estimate of drug-likeness (QED) is 0.747. The summed E-state index contributed by atoms with van der Waals surface area (Å²) in [5.41, 5.74) is 0.277. The Kier molecular flexibility index (Phi) is 3.30. The minimum Gasteiger partial charge on any atom is -0.312 e. The SMILES string of the molecule is CN1CCCC1CNC1CC(Cl)C1(C)C. The number of nitrogens with one attached hydrogen (secondary N) is 1. The van der Waals surface area contributed by atoms with E-state index in [1.54, 1.807) is 0 Å². The Bertz CT molecular complexity index is 230. The molecule has 0 aromatic carbocycles. The molecule has 3 atom stereocenters. The van der Waals surface area contributed by atoms with Crippen molar-refractivity contribution >= 4 is 11.6 Å². The standard InChI is InChI=1S/C12H23ClN2/c1-12(2)10(13)7-11(12)14-8-9-5-4-6-15(9)3/h9-11,14H,4-8H2,1-3H3. The fraction of sp³-hybridized carbons (Fsp3) is 1.00. The number of likely N-dealkylation sites (N-methyl/N-ethyl adjacent to an activating group) is 1. The number of likely N-dealkylation sites (tertiary alicyclic amines) is 1. The van der Waals surface area contributed by atoms with E-state index in [0.717, 1.165) is 19.0 Å². The zero-order valence-corrected chi connectivity index (χ0v) is 10.8. The Labute approximate surface area is 98.4 Å². The first-order chi connectivity index (χ1) is 7.01. The lowest BCUT2D eigenvalue weighted by Crippen LogP contribution is -2.59. The van der Waals surface area contributed by atoms with Crippen LogP contribution in [0.3, 0.4) is 0 Å². The molecule has 0 radical (unpaired) electrons. The van der Waals surface area contributed by atoms with Gasteiger partial charge < -0.3 is 10.2 Å². The average Bonchev–Trinajstić information content (AvgIpc) is 2.58. The minimum atomic E-state index is 0.277. The van der Waals surface area contributed by atoms with Crippen LogP contribution in [0.15, 0.2) is 0 Å². The number of rotatable bonds is 3. The van der Waals surface area contributed by atoms with Gasteiger partial charge in [0.05, 0.1) is 0 Å². The highest BCUT2D eigenvalue weighted by Crippen LogP contribution is 2.44. The van der Waals surface area contributed by atoms with Crippen LogP contribution in [-0.4, -0.2) is 42.5 Å². The largest absolute Gasteiger partial charge is 0.312 e. The number of alkyl halides is 1. The molecule has 3 unspecified atom stereocenters. The number of halogens is 1. The van der Waals surface area contributed by atoms with Crippen molar-refractivity contribution in [2.24, 2.45) is 5.41 Å². The fourth-order valence-electron chi connectivity index (χ4n) is 2.73. The predicted octanol–water partition coefficient (Wildman–Crippen LogP) is 2.08. The van der Waals surface area contributed by atoms with Gasteiger partial charge in [-0.15, -0.1) is 11.6 Å². The molecular weight excluding hydrogens is 208 g/mol. The molecule has 2 rings (SSSR count). The van der Waals surface area contributed by atoms with Crippen molar-refractivity contribution in [2.75, 3.05) is 20.1 Å². The molecule has 1 N–H and O–H groups in total. The van der Waals surface area contributed by atoms with Crippen molar-refractivity contribution in [3.63, 3.8) is 0 Å². The summed E-state index contributed by atoms with van der Waals surface area (Å²) < 4.78 is 0. The summed E-state index contributed by atoms with van der Waals surface area (Å²) in [6.45, 7) is 6.93. The van der Waals surface area contributed by atoms with Gasteiger partial charge in [0.2, 0.25) is 0 Å². The molecule has 0 aromatic heterocycles. The van der Waals surface area contributed by atoms with Crippen LogP contribution in [0.25, 0.3) is 0 Å². The van der Waals surface area contributed by atoms with Gasteiger partial charge in [-0.05, 0) is 38.3 Å². The number of hydrogen-bond donors (Lipinski definition) is 1. The first-order valence-electron chi connectivity index (χ1n) is 6.09. The third-order valence-electron chi connectivity index (χ3n) is 4.42. The van der Waals surface area contributed by atoms with Gasteiger partial charge in [0.15, 0.2) is 0 Å². The molecule has 2 nitrogen and oxygen atoms in total. The van der Waals surface area contributed by atoms with Gasteiger partial charge in [-0.3, -0.25) is 0 Å². The molecule has 1 heterocycles. The Morgan fingerprint density at radius 1 is 1.47 bits per heavy atom. The van der Waals surface area contributed by atoms with Crippen molar-refractivity contribution in [3.05, 3.63) is 0 Å². The van der Waals surface area contributed by atoms with E-state index in [1.165, 1.54) is 19.4 Å². The molecule has 0 amide bonds. The highest BCUT2D eigenvalue weighted by molar-refractivity contribution is 6.21. The smallest absolute Gasteiger partial charge is 0.0416 e. The molecule has 3 heteroatoms. The molecule has 15 heavy (non-hydrogen) atoms. The van der Waals surface area contributed by atoms with Gasteiger partial charge in [-0.2, -0.15) is 0 Å². The van der Waals surface area contributed by atoms with E-state index >= 15 is 0 Å². The third kappa shape index (κ3) is 2.17. The average molecular weight is 231 g/mol. The van der Waals surface area contributed by atoms with Crippen molar-refractivity contribution in [3.8, 4) is 0 Å². The molecule has 0 spiro atoms. The minimum absolute atomic E-state index is 0.277. The molecule has 2 aliphatic rings. The third-order valence-corrected chi connectivity index (χ3v) is 5.16. The normalized spacial score (nSPS) is 40.4. The topological polar surface area (TPSA) is 15.3 Å². The molecule has 0 bridgehead atoms. The van der Waals surface area contributed by atoms with Crippen molar-refractivity contribution in [1.82, 2.24) is 10.2 Å². The fourth-order valence-corrected chi connectivity index (χ4v) is 3.06. The Morgan fingerprint density at radius 2 is 2.20 bits per heavy atom. The van der Waals surface area contributed by atoms with Gasteiger partial charge in [0.25, 0.3) is 0 Å². The lowest BCUT2D eigenvalue weighted by Gasteiger charge is -2.50. The van der Waals surface area contributed by atoms with Gasteiger partial charge in [0, 0.05) is 24.0 Å². The molecule has 1 aliphatic carbocycles. The highest BCUT2D eigenvalue weighted by Gasteiger charge is 2.46. The summed E-state index contributed by atoms with van der Waals surface area (Å²) in [4.78, 5) is 2.47. The van der Waals surface area contributed by atoms with Gasteiger partial charge >= 0.3 is 0 Å². The van der Waals surface area contributed by atoms with E-state index in [1.807, 2.05) is 0 Å². The van der Waals surface area contributed by atoms with Crippen LogP contribution in [0.1, 0.15) is 33.1 Å². The summed E-state index contributed by atoms with van der Waals surface area (Å²) >= 11 is 6.21. The Morgan fingerprint density at radius 3 is 2.67 bits per heavy atom. The molecule has 2 fully saturated rings.